The van der Waals surface area contributed by atoms with Gasteiger partial charge in [0.05, 0.1) is 7.11 Å². The van der Waals surface area contributed by atoms with Gasteiger partial charge in [0.15, 0.2) is 0 Å². The van der Waals surface area contributed by atoms with Crippen molar-refractivity contribution >= 4 is 22.6 Å². The van der Waals surface area contributed by atoms with Crippen molar-refractivity contribution in [3.05, 3.63) is 5.82 Å². The lowest BCUT2D eigenvalue weighted by atomic mass is 9.96. The maximum absolute atomic E-state index is 11.7. The van der Waals surface area contributed by atoms with Crippen LogP contribution >= 0.6 is 11.5 Å². The standard InChI is InChI=1S/C12H19N3O2S/c1-12(2,3)10-13-11(18-14-10)15-7-5-6-8(15)9(16)17-4/h8H,5-7H2,1-4H3. The Kier molecular flexibility index (Phi) is 3.56. The molecule has 0 saturated carbocycles. The molecule has 0 N–H and O–H groups in total. The molecule has 1 fully saturated rings. The average Bonchev–Trinajstić information content (AvgIpc) is 2.94. The second kappa shape index (κ2) is 4.84. The van der Waals surface area contributed by atoms with E-state index in [2.05, 4.69) is 30.1 Å². The van der Waals surface area contributed by atoms with Crippen molar-refractivity contribution in [1.82, 2.24) is 9.36 Å². The molecule has 0 radical (unpaired) electrons. The topological polar surface area (TPSA) is 55.3 Å². The van der Waals surface area contributed by atoms with Crippen molar-refractivity contribution in [3.63, 3.8) is 0 Å². The van der Waals surface area contributed by atoms with E-state index in [-0.39, 0.29) is 17.4 Å². The minimum Gasteiger partial charge on any atom is -0.467 e. The fourth-order valence-corrected chi connectivity index (χ4v) is 2.95. The van der Waals surface area contributed by atoms with Gasteiger partial charge in [-0.2, -0.15) is 4.37 Å². The van der Waals surface area contributed by atoms with Gasteiger partial charge in [0.2, 0.25) is 5.13 Å². The molecule has 1 atom stereocenters. The number of carbonyl (C=O) groups excluding carboxylic acids is 1. The number of aromatic nitrogens is 2. The third-order valence-electron chi connectivity index (χ3n) is 3.06. The summed E-state index contributed by atoms with van der Waals surface area (Å²) in [7, 11) is 1.43. The van der Waals surface area contributed by atoms with Gasteiger partial charge >= 0.3 is 5.97 Å². The SMILES string of the molecule is COC(=O)C1CCCN1c1nc(C(C)(C)C)ns1. The van der Waals surface area contributed by atoms with Crippen LogP contribution in [0.5, 0.6) is 0 Å². The molecule has 5 nitrogen and oxygen atoms in total. The summed E-state index contributed by atoms with van der Waals surface area (Å²) in [5.41, 5.74) is -0.0603. The van der Waals surface area contributed by atoms with Crippen LogP contribution in [-0.4, -0.2) is 35.0 Å². The number of ether oxygens (including phenoxy) is 1. The van der Waals surface area contributed by atoms with E-state index in [9.17, 15) is 4.79 Å². The third kappa shape index (κ3) is 2.48. The number of methoxy groups -OCH3 is 1. The van der Waals surface area contributed by atoms with Gasteiger partial charge in [-0.15, -0.1) is 0 Å². The molecule has 2 rings (SSSR count). The van der Waals surface area contributed by atoms with Crippen LogP contribution in [0.2, 0.25) is 0 Å². The highest BCUT2D eigenvalue weighted by Crippen LogP contribution is 2.30. The van der Waals surface area contributed by atoms with Gasteiger partial charge in [-0.1, -0.05) is 20.8 Å². The zero-order chi connectivity index (χ0) is 13.3. The number of hydrogen-bond donors (Lipinski definition) is 0. The summed E-state index contributed by atoms with van der Waals surface area (Å²) in [6.07, 6.45) is 1.82. The molecule has 6 heteroatoms. The molecule has 0 spiro atoms. The molecule has 0 aliphatic carbocycles. The zero-order valence-electron chi connectivity index (χ0n) is 11.3. The Morgan fingerprint density at radius 3 is 2.78 bits per heavy atom. The summed E-state index contributed by atoms with van der Waals surface area (Å²) in [4.78, 5) is 18.3. The minimum absolute atomic E-state index is 0.0603. The number of carbonyl (C=O) groups is 1. The van der Waals surface area contributed by atoms with E-state index in [4.69, 9.17) is 4.74 Å². The summed E-state index contributed by atoms with van der Waals surface area (Å²) in [6, 6.07) is -0.198. The van der Waals surface area contributed by atoms with Crippen LogP contribution < -0.4 is 4.90 Å². The van der Waals surface area contributed by atoms with Crippen LogP contribution in [0.4, 0.5) is 5.13 Å². The first-order valence-corrected chi connectivity index (χ1v) is 6.89. The second-order valence-corrected chi connectivity index (χ2v) is 6.26. The first kappa shape index (κ1) is 13.3. The molecule has 100 valence electrons. The van der Waals surface area contributed by atoms with Crippen LogP contribution in [0.15, 0.2) is 0 Å². The molecule has 0 bridgehead atoms. The summed E-state index contributed by atoms with van der Waals surface area (Å²) in [6.45, 7) is 7.10. The lowest BCUT2D eigenvalue weighted by Gasteiger charge is -2.21. The van der Waals surface area contributed by atoms with Gasteiger partial charge in [-0.25, -0.2) is 9.78 Å². The van der Waals surface area contributed by atoms with Gasteiger partial charge < -0.3 is 9.64 Å². The number of nitrogens with zero attached hydrogens (tertiary/aromatic N) is 3. The van der Waals surface area contributed by atoms with Crippen molar-refractivity contribution < 1.29 is 9.53 Å². The molecule has 1 saturated heterocycles. The predicted molar refractivity (Wildman–Crippen MR) is 71.0 cm³/mol. The largest absolute Gasteiger partial charge is 0.467 e. The van der Waals surface area contributed by atoms with Crippen LogP contribution in [0.1, 0.15) is 39.4 Å². The quantitative estimate of drug-likeness (QED) is 0.768. The predicted octanol–water partition coefficient (Wildman–Crippen LogP) is 1.98. The zero-order valence-corrected chi connectivity index (χ0v) is 12.1. The fraction of sp³-hybridized carbons (Fsp3) is 0.750. The summed E-state index contributed by atoms with van der Waals surface area (Å²) >= 11 is 1.36. The van der Waals surface area contributed by atoms with Gasteiger partial charge in [-0.3, -0.25) is 0 Å². The Hall–Kier alpha value is -1.17. The molecule has 1 unspecified atom stereocenters. The Morgan fingerprint density at radius 2 is 2.22 bits per heavy atom. The van der Waals surface area contributed by atoms with Gasteiger partial charge in [0.1, 0.15) is 11.9 Å². The average molecular weight is 269 g/mol. The first-order valence-electron chi connectivity index (χ1n) is 6.12. The molecule has 1 aromatic rings. The minimum atomic E-state index is -0.198. The van der Waals surface area contributed by atoms with Crippen molar-refractivity contribution in [3.8, 4) is 0 Å². The number of rotatable bonds is 2. The molecular formula is C12H19N3O2S. The molecule has 0 amide bonds. The lowest BCUT2D eigenvalue weighted by molar-refractivity contribution is -0.141. The van der Waals surface area contributed by atoms with E-state index >= 15 is 0 Å². The van der Waals surface area contributed by atoms with Gasteiger partial charge in [0, 0.05) is 23.5 Å². The third-order valence-corrected chi connectivity index (χ3v) is 3.81. The van der Waals surface area contributed by atoms with E-state index in [1.165, 1.54) is 18.6 Å². The van der Waals surface area contributed by atoms with Crippen LogP contribution in [-0.2, 0) is 14.9 Å². The normalized spacial score (nSPS) is 20.2. The Labute approximate surface area is 111 Å². The van der Waals surface area contributed by atoms with Crippen molar-refractivity contribution in [2.24, 2.45) is 0 Å². The highest BCUT2D eigenvalue weighted by molar-refractivity contribution is 7.09. The second-order valence-electron chi connectivity index (χ2n) is 5.53. The van der Waals surface area contributed by atoms with E-state index in [1.807, 2.05) is 4.90 Å². The lowest BCUT2D eigenvalue weighted by Crippen LogP contribution is -2.36. The van der Waals surface area contributed by atoms with Crippen molar-refractivity contribution in [2.75, 3.05) is 18.6 Å². The Balaban J connectivity index is 2.21. The highest BCUT2D eigenvalue weighted by atomic mass is 32.1. The van der Waals surface area contributed by atoms with Crippen LogP contribution in [0.3, 0.4) is 0 Å². The molecule has 18 heavy (non-hydrogen) atoms. The van der Waals surface area contributed by atoms with Crippen molar-refractivity contribution in [1.29, 1.82) is 0 Å². The monoisotopic (exact) mass is 269 g/mol. The summed E-state index contributed by atoms with van der Waals surface area (Å²) in [5.74, 6) is 0.651. The maximum atomic E-state index is 11.7. The number of anilines is 1. The molecular weight excluding hydrogens is 250 g/mol. The van der Waals surface area contributed by atoms with E-state index in [1.54, 1.807) is 0 Å². The van der Waals surface area contributed by atoms with E-state index in [0.717, 1.165) is 30.3 Å². The van der Waals surface area contributed by atoms with Gasteiger partial charge in [0.25, 0.3) is 0 Å². The molecule has 1 aliphatic rings. The first-order chi connectivity index (χ1) is 8.43. The molecule has 1 aromatic heterocycles. The molecule has 0 aromatic carbocycles. The van der Waals surface area contributed by atoms with Crippen molar-refractivity contribution in [2.45, 2.75) is 45.1 Å². The molecule has 2 heterocycles. The fourth-order valence-electron chi connectivity index (χ4n) is 2.01. The maximum Gasteiger partial charge on any atom is 0.328 e. The Morgan fingerprint density at radius 1 is 1.50 bits per heavy atom. The number of hydrogen-bond acceptors (Lipinski definition) is 6. The number of esters is 1. The Bertz CT molecular complexity index is 439. The van der Waals surface area contributed by atoms with Crippen LogP contribution in [0.25, 0.3) is 0 Å². The van der Waals surface area contributed by atoms with E-state index < -0.39 is 0 Å². The van der Waals surface area contributed by atoms with Gasteiger partial charge in [-0.05, 0) is 12.8 Å². The van der Waals surface area contributed by atoms with E-state index in [0.29, 0.717) is 0 Å². The smallest absolute Gasteiger partial charge is 0.328 e. The van der Waals surface area contributed by atoms with Crippen LogP contribution in [0, 0.1) is 0 Å². The summed E-state index contributed by atoms with van der Waals surface area (Å²) in [5, 5.41) is 0.827. The summed E-state index contributed by atoms with van der Waals surface area (Å²) < 4.78 is 9.22. The highest BCUT2D eigenvalue weighted by Gasteiger charge is 2.34. The molecule has 1 aliphatic heterocycles.